The van der Waals surface area contributed by atoms with Crippen molar-refractivity contribution in [2.45, 2.75) is 19.9 Å². The van der Waals surface area contributed by atoms with Gasteiger partial charge >= 0.3 is 0 Å². The number of aromatic nitrogens is 2. The van der Waals surface area contributed by atoms with Crippen molar-refractivity contribution in [2.24, 2.45) is 0 Å². The Hall–Kier alpha value is -2.53. The highest BCUT2D eigenvalue weighted by Crippen LogP contribution is 2.21. The van der Waals surface area contributed by atoms with E-state index in [4.69, 9.17) is 16.0 Å². The van der Waals surface area contributed by atoms with Crippen LogP contribution in [0.25, 0.3) is 0 Å². The first-order valence-electron chi connectivity index (χ1n) is 7.62. The summed E-state index contributed by atoms with van der Waals surface area (Å²) in [4.78, 5) is 16.6. The molecule has 0 saturated heterocycles. The summed E-state index contributed by atoms with van der Waals surface area (Å²) < 4.78 is 7.26. The summed E-state index contributed by atoms with van der Waals surface area (Å²) in [6.45, 7) is 4.08. The number of rotatable bonds is 5. The molecule has 0 aliphatic carbocycles. The molecule has 0 spiro atoms. The van der Waals surface area contributed by atoms with E-state index in [1.54, 1.807) is 25.7 Å². The van der Waals surface area contributed by atoms with Gasteiger partial charge < -0.3 is 14.3 Å². The first-order valence-corrected chi connectivity index (χ1v) is 8.00. The monoisotopic (exact) mass is 343 g/mol. The van der Waals surface area contributed by atoms with Crippen molar-refractivity contribution >= 4 is 17.5 Å². The number of furan rings is 1. The van der Waals surface area contributed by atoms with E-state index in [0.29, 0.717) is 22.9 Å². The number of carbonyl (C=O) groups excluding carboxylic acids is 1. The minimum Gasteiger partial charge on any atom is -0.469 e. The molecule has 0 aliphatic heterocycles. The second-order valence-corrected chi connectivity index (χ2v) is 6.07. The molecule has 3 rings (SSSR count). The van der Waals surface area contributed by atoms with Gasteiger partial charge in [-0.1, -0.05) is 23.7 Å². The normalized spacial score (nSPS) is 12.1. The summed E-state index contributed by atoms with van der Waals surface area (Å²) in [5.41, 5.74) is 2.46. The Morgan fingerprint density at radius 2 is 2.08 bits per heavy atom. The molecule has 3 aromatic rings. The van der Waals surface area contributed by atoms with E-state index in [-0.39, 0.29) is 11.9 Å². The first kappa shape index (κ1) is 16.3. The predicted octanol–water partition coefficient (Wildman–Crippen LogP) is 3.77. The van der Waals surface area contributed by atoms with Crippen molar-refractivity contribution in [1.29, 1.82) is 0 Å². The molecule has 1 unspecified atom stereocenters. The minimum atomic E-state index is -0.141. The van der Waals surface area contributed by atoms with Crippen LogP contribution < -0.4 is 5.32 Å². The molecule has 24 heavy (non-hydrogen) atoms. The van der Waals surface area contributed by atoms with E-state index in [2.05, 4.69) is 10.3 Å². The average Bonchev–Trinajstić information content (AvgIpc) is 3.19. The number of hydrogen-bond acceptors (Lipinski definition) is 3. The SMILES string of the molecule is Cc1coc(C)c1C(=O)NCC(c1ccc(Cl)cc1)n1ccnc1. The van der Waals surface area contributed by atoms with Gasteiger partial charge in [0.1, 0.15) is 5.76 Å². The zero-order valence-electron chi connectivity index (χ0n) is 13.5. The van der Waals surface area contributed by atoms with Gasteiger partial charge in [-0.05, 0) is 31.5 Å². The van der Waals surface area contributed by atoms with Crippen LogP contribution in [0.3, 0.4) is 0 Å². The lowest BCUT2D eigenvalue weighted by atomic mass is 10.1. The van der Waals surface area contributed by atoms with E-state index in [0.717, 1.165) is 11.1 Å². The molecule has 124 valence electrons. The van der Waals surface area contributed by atoms with Crippen molar-refractivity contribution in [3.8, 4) is 0 Å². The quantitative estimate of drug-likeness (QED) is 0.767. The van der Waals surface area contributed by atoms with E-state index < -0.39 is 0 Å². The highest BCUT2D eigenvalue weighted by atomic mass is 35.5. The van der Waals surface area contributed by atoms with Gasteiger partial charge in [0.2, 0.25) is 0 Å². The minimum absolute atomic E-state index is 0.0683. The molecule has 5 nitrogen and oxygen atoms in total. The van der Waals surface area contributed by atoms with E-state index in [9.17, 15) is 4.79 Å². The number of nitrogens with zero attached hydrogens (tertiary/aromatic N) is 2. The van der Waals surface area contributed by atoms with Crippen molar-refractivity contribution in [3.63, 3.8) is 0 Å². The maximum atomic E-state index is 12.5. The Bertz CT molecular complexity index is 803. The number of aryl methyl sites for hydroxylation is 2. The van der Waals surface area contributed by atoms with Crippen LogP contribution in [0.15, 0.2) is 53.7 Å². The molecule has 1 atom stereocenters. The highest BCUT2D eigenvalue weighted by molar-refractivity contribution is 6.30. The number of carbonyl (C=O) groups is 1. The molecule has 0 saturated carbocycles. The average molecular weight is 344 g/mol. The van der Waals surface area contributed by atoms with Gasteiger partial charge in [0.15, 0.2) is 0 Å². The lowest BCUT2D eigenvalue weighted by Crippen LogP contribution is -2.31. The fourth-order valence-corrected chi connectivity index (χ4v) is 2.85. The zero-order valence-corrected chi connectivity index (χ0v) is 14.2. The number of halogens is 1. The summed E-state index contributed by atoms with van der Waals surface area (Å²) in [6.07, 6.45) is 6.92. The maximum absolute atomic E-state index is 12.5. The largest absolute Gasteiger partial charge is 0.469 e. The maximum Gasteiger partial charge on any atom is 0.255 e. The number of hydrogen-bond donors (Lipinski definition) is 1. The van der Waals surface area contributed by atoms with Crippen LogP contribution in [0.1, 0.15) is 33.3 Å². The van der Waals surface area contributed by atoms with Crippen molar-refractivity contribution in [3.05, 3.63) is 76.7 Å². The fourth-order valence-electron chi connectivity index (χ4n) is 2.72. The molecule has 0 aliphatic rings. The number of benzene rings is 1. The smallest absolute Gasteiger partial charge is 0.255 e. The second-order valence-electron chi connectivity index (χ2n) is 5.64. The molecule has 1 amide bonds. The van der Waals surface area contributed by atoms with Crippen LogP contribution >= 0.6 is 11.6 Å². The standard InChI is InChI=1S/C18H18ClN3O2/c1-12-10-24-13(2)17(12)18(23)21-9-16(22-8-7-20-11-22)14-3-5-15(19)6-4-14/h3-8,10-11,16H,9H2,1-2H3,(H,21,23). The van der Waals surface area contributed by atoms with Gasteiger partial charge in [0.25, 0.3) is 5.91 Å². The zero-order chi connectivity index (χ0) is 17.1. The second kappa shape index (κ2) is 6.93. The van der Waals surface area contributed by atoms with Crippen molar-refractivity contribution in [1.82, 2.24) is 14.9 Å². The number of amides is 1. The highest BCUT2D eigenvalue weighted by Gasteiger charge is 2.19. The van der Waals surface area contributed by atoms with Crippen LogP contribution in [0.2, 0.25) is 5.02 Å². The molecule has 2 heterocycles. The first-order chi connectivity index (χ1) is 11.6. The van der Waals surface area contributed by atoms with Gasteiger partial charge in [-0.25, -0.2) is 4.98 Å². The summed E-state index contributed by atoms with van der Waals surface area (Å²) >= 11 is 5.97. The van der Waals surface area contributed by atoms with E-state index >= 15 is 0 Å². The van der Waals surface area contributed by atoms with E-state index in [1.807, 2.05) is 42.0 Å². The molecular formula is C18H18ClN3O2. The summed E-state index contributed by atoms with van der Waals surface area (Å²) in [5, 5.41) is 3.67. The Morgan fingerprint density at radius 3 is 2.67 bits per heavy atom. The summed E-state index contributed by atoms with van der Waals surface area (Å²) in [6, 6.07) is 7.52. The van der Waals surface area contributed by atoms with Crippen LogP contribution in [0.5, 0.6) is 0 Å². The topological polar surface area (TPSA) is 60.1 Å². The van der Waals surface area contributed by atoms with Gasteiger partial charge in [0, 0.05) is 29.5 Å². The van der Waals surface area contributed by atoms with Crippen molar-refractivity contribution in [2.75, 3.05) is 6.54 Å². The third kappa shape index (κ3) is 3.36. The van der Waals surface area contributed by atoms with Crippen LogP contribution in [0.4, 0.5) is 0 Å². The van der Waals surface area contributed by atoms with Crippen LogP contribution in [-0.4, -0.2) is 22.0 Å². The van der Waals surface area contributed by atoms with Crippen LogP contribution in [-0.2, 0) is 0 Å². The lowest BCUT2D eigenvalue weighted by Gasteiger charge is -2.20. The summed E-state index contributed by atoms with van der Waals surface area (Å²) in [5.74, 6) is 0.480. The molecule has 1 N–H and O–H groups in total. The molecule has 0 fully saturated rings. The molecule has 0 bridgehead atoms. The van der Waals surface area contributed by atoms with Gasteiger partial charge in [-0.3, -0.25) is 4.79 Å². The Labute approximate surface area is 145 Å². The fraction of sp³-hybridized carbons (Fsp3) is 0.222. The number of nitrogens with one attached hydrogen (secondary N) is 1. The Kier molecular flexibility index (Phi) is 4.71. The Morgan fingerprint density at radius 1 is 1.33 bits per heavy atom. The molecule has 1 aromatic carbocycles. The van der Waals surface area contributed by atoms with Crippen LogP contribution in [0, 0.1) is 13.8 Å². The molecule has 0 radical (unpaired) electrons. The molecule has 2 aromatic heterocycles. The third-order valence-corrected chi connectivity index (χ3v) is 4.23. The molecule has 6 heteroatoms. The predicted molar refractivity (Wildman–Crippen MR) is 92.3 cm³/mol. The van der Waals surface area contributed by atoms with E-state index in [1.165, 1.54) is 0 Å². The van der Waals surface area contributed by atoms with Crippen molar-refractivity contribution < 1.29 is 9.21 Å². The van der Waals surface area contributed by atoms with Gasteiger partial charge in [0.05, 0.1) is 24.2 Å². The number of imidazole rings is 1. The lowest BCUT2D eigenvalue weighted by molar-refractivity contribution is 0.0947. The third-order valence-electron chi connectivity index (χ3n) is 3.98. The Balaban J connectivity index is 1.80. The summed E-state index contributed by atoms with van der Waals surface area (Å²) in [7, 11) is 0. The van der Waals surface area contributed by atoms with Gasteiger partial charge in [-0.2, -0.15) is 0 Å². The van der Waals surface area contributed by atoms with Gasteiger partial charge in [-0.15, -0.1) is 0 Å². The molecular weight excluding hydrogens is 326 g/mol.